The third-order valence-electron chi connectivity index (χ3n) is 3.55. The van der Waals surface area contributed by atoms with Crippen LogP contribution in [0.3, 0.4) is 0 Å². The van der Waals surface area contributed by atoms with Crippen LogP contribution >= 0.6 is 0 Å². The van der Waals surface area contributed by atoms with Gasteiger partial charge in [-0.25, -0.2) is 0 Å². The smallest absolute Gasteiger partial charge is 0.222 e. The van der Waals surface area contributed by atoms with Crippen LogP contribution in [0.4, 0.5) is 5.69 Å². The fourth-order valence-electron chi connectivity index (χ4n) is 2.19. The summed E-state index contributed by atoms with van der Waals surface area (Å²) in [4.78, 5) is 13.2. The third-order valence-corrected chi connectivity index (χ3v) is 3.55. The molecule has 0 bridgehead atoms. The molecule has 0 atom stereocenters. The van der Waals surface area contributed by atoms with Crippen LogP contribution in [0.5, 0.6) is 11.5 Å². The number of nitrogens with two attached hydrogens (primary N) is 1. The Balaban J connectivity index is 1.78. The van der Waals surface area contributed by atoms with Crippen molar-refractivity contribution >= 4 is 11.6 Å². The quantitative estimate of drug-likeness (QED) is 0.598. The molecule has 2 aromatic carbocycles. The molecule has 0 radical (unpaired) electrons. The van der Waals surface area contributed by atoms with E-state index in [1.165, 1.54) is 0 Å². The molecular weight excluding hydrogens is 304 g/mol. The number of nitrogens with zero attached hydrogens (tertiary/aromatic N) is 1. The van der Waals surface area contributed by atoms with E-state index in [1.807, 2.05) is 48.5 Å². The summed E-state index contributed by atoms with van der Waals surface area (Å²) in [5.74, 6) is 1.55. The first kappa shape index (κ1) is 17.7. The molecule has 0 aliphatic carbocycles. The number of carbonyl (C=O) groups is 1. The highest BCUT2D eigenvalue weighted by molar-refractivity contribution is 5.75. The van der Waals surface area contributed by atoms with Crippen molar-refractivity contribution in [3.63, 3.8) is 0 Å². The second-order valence-electron chi connectivity index (χ2n) is 5.67. The average Bonchev–Trinajstić information content (AvgIpc) is 2.58. The normalized spacial score (nSPS) is 10.2. The molecule has 0 unspecified atom stereocenters. The number of amides is 1. The van der Waals surface area contributed by atoms with Crippen LogP contribution in [0.2, 0.25) is 0 Å². The lowest BCUT2D eigenvalue weighted by Crippen LogP contribution is -2.21. The fraction of sp³-hybridized carbons (Fsp3) is 0.316. The Morgan fingerprint density at radius 3 is 2.42 bits per heavy atom. The highest BCUT2D eigenvalue weighted by Gasteiger charge is 2.07. The van der Waals surface area contributed by atoms with Crippen LogP contribution < -0.4 is 15.2 Å². The number of rotatable bonds is 8. The van der Waals surface area contributed by atoms with Crippen LogP contribution in [0, 0.1) is 0 Å². The van der Waals surface area contributed by atoms with Gasteiger partial charge in [0.25, 0.3) is 0 Å². The van der Waals surface area contributed by atoms with E-state index in [0.717, 1.165) is 11.3 Å². The lowest BCUT2D eigenvalue weighted by molar-refractivity contribution is -0.128. The number of hydrogen-bond acceptors (Lipinski definition) is 4. The largest absolute Gasteiger partial charge is 0.490 e. The molecule has 0 aromatic heterocycles. The van der Waals surface area contributed by atoms with Crippen molar-refractivity contribution < 1.29 is 14.3 Å². The molecule has 24 heavy (non-hydrogen) atoms. The zero-order valence-electron chi connectivity index (χ0n) is 14.2. The molecule has 1 amide bonds. The molecule has 2 aromatic rings. The van der Waals surface area contributed by atoms with Crippen LogP contribution in [-0.4, -0.2) is 38.1 Å². The SMILES string of the molecule is CN(C)C(=O)CCc1ccc(OCCOc2ccccc2)c(N)c1. The minimum atomic E-state index is 0.104. The van der Waals surface area contributed by atoms with Gasteiger partial charge in [0, 0.05) is 20.5 Å². The molecule has 2 N–H and O–H groups in total. The van der Waals surface area contributed by atoms with E-state index in [4.69, 9.17) is 15.2 Å². The van der Waals surface area contributed by atoms with Crippen molar-refractivity contribution in [2.75, 3.05) is 33.0 Å². The van der Waals surface area contributed by atoms with Gasteiger partial charge in [0.1, 0.15) is 24.7 Å². The summed E-state index contributed by atoms with van der Waals surface area (Å²) >= 11 is 0. The maximum absolute atomic E-state index is 11.6. The Morgan fingerprint density at radius 1 is 1.04 bits per heavy atom. The summed E-state index contributed by atoms with van der Waals surface area (Å²) < 4.78 is 11.2. The van der Waals surface area contributed by atoms with Gasteiger partial charge >= 0.3 is 0 Å². The molecular formula is C19H24N2O3. The van der Waals surface area contributed by atoms with Crippen LogP contribution in [0.1, 0.15) is 12.0 Å². The first-order chi connectivity index (χ1) is 11.6. The number of nitrogen functional groups attached to an aromatic ring is 1. The monoisotopic (exact) mass is 328 g/mol. The molecule has 128 valence electrons. The molecule has 0 fully saturated rings. The maximum atomic E-state index is 11.6. The standard InChI is InChI=1S/C19H24N2O3/c1-21(2)19(22)11-9-15-8-10-18(17(20)14-15)24-13-12-23-16-6-4-3-5-7-16/h3-8,10,14H,9,11-13,20H2,1-2H3. The number of aryl methyl sites for hydroxylation is 1. The van der Waals surface area contributed by atoms with Gasteiger partial charge < -0.3 is 20.1 Å². The van der Waals surface area contributed by atoms with Gasteiger partial charge in [-0.1, -0.05) is 24.3 Å². The molecule has 0 aliphatic heterocycles. The highest BCUT2D eigenvalue weighted by atomic mass is 16.5. The zero-order valence-corrected chi connectivity index (χ0v) is 14.2. The summed E-state index contributed by atoms with van der Waals surface area (Å²) in [5, 5.41) is 0. The summed E-state index contributed by atoms with van der Waals surface area (Å²) in [5.41, 5.74) is 7.62. The molecule has 0 spiro atoms. The predicted molar refractivity (Wildman–Crippen MR) is 95.3 cm³/mol. The van der Waals surface area contributed by atoms with E-state index in [9.17, 15) is 4.79 Å². The Hall–Kier alpha value is -2.69. The highest BCUT2D eigenvalue weighted by Crippen LogP contribution is 2.23. The van der Waals surface area contributed by atoms with Gasteiger partial charge in [0.2, 0.25) is 5.91 Å². The number of anilines is 1. The minimum absolute atomic E-state index is 0.104. The number of hydrogen-bond donors (Lipinski definition) is 1. The van der Waals surface area contributed by atoms with Gasteiger partial charge in [0.05, 0.1) is 5.69 Å². The Bertz CT molecular complexity index is 657. The second-order valence-corrected chi connectivity index (χ2v) is 5.67. The summed E-state index contributed by atoms with van der Waals surface area (Å²) in [6.07, 6.45) is 1.14. The molecule has 5 heteroatoms. The first-order valence-electron chi connectivity index (χ1n) is 7.95. The van der Waals surface area contributed by atoms with Crippen molar-refractivity contribution in [2.24, 2.45) is 0 Å². The lowest BCUT2D eigenvalue weighted by atomic mass is 10.1. The second kappa shape index (κ2) is 8.82. The number of ether oxygens (including phenoxy) is 2. The van der Waals surface area contributed by atoms with Crippen molar-refractivity contribution in [1.82, 2.24) is 4.90 Å². The Morgan fingerprint density at radius 2 is 1.75 bits per heavy atom. The third kappa shape index (κ3) is 5.50. The summed E-state index contributed by atoms with van der Waals surface area (Å²) in [7, 11) is 3.51. The van der Waals surface area contributed by atoms with Gasteiger partial charge in [0.15, 0.2) is 0 Å². The van der Waals surface area contributed by atoms with Gasteiger partial charge in [-0.3, -0.25) is 4.79 Å². The first-order valence-corrected chi connectivity index (χ1v) is 7.95. The van der Waals surface area contributed by atoms with Crippen molar-refractivity contribution in [3.05, 3.63) is 54.1 Å². The predicted octanol–water partition coefficient (Wildman–Crippen LogP) is 2.75. The lowest BCUT2D eigenvalue weighted by Gasteiger charge is -2.12. The van der Waals surface area contributed by atoms with Crippen LogP contribution in [0.15, 0.2) is 48.5 Å². The van der Waals surface area contributed by atoms with Crippen LogP contribution in [0.25, 0.3) is 0 Å². The zero-order chi connectivity index (χ0) is 17.4. The average molecular weight is 328 g/mol. The Labute approximate surface area is 143 Å². The van der Waals surface area contributed by atoms with Crippen molar-refractivity contribution in [1.29, 1.82) is 0 Å². The minimum Gasteiger partial charge on any atom is -0.490 e. The number of para-hydroxylation sites is 1. The number of benzene rings is 2. The summed E-state index contributed by atoms with van der Waals surface area (Å²) in [6, 6.07) is 15.2. The maximum Gasteiger partial charge on any atom is 0.222 e. The van der Waals surface area contributed by atoms with Crippen molar-refractivity contribution in [2.45, 2.75) is 12.8 Å². The van der Waals surface area contributed by atoms with Crippen molar-refractivity contribution in [3.8, 4) is 11.5 Å². The van der Waals surface area contributed by atoms with Gasteiger partial charge in [-0.15, -0.1) is 0 Å². The molecule has 0 heterocycles. The molecule has 0 saturated heterocycles. The van der Waals surface area contributed by atoms with Crippen LogP contribution in [-0.2, 0) is 11.2 Å². The fourth-order valence-corrected chi connectivity index (χ4v) is 2.19. The van der Waals surface area contributed by atoms with E-state index < -0.39 is 0 Å². The topological polar surface area (TPSA) is 64.8 Å². The van der Waals surface area contributed by atoms with E-state index in [1.54, 1.807) is 19.0 Å². The molecule has 0 aliphatic rings. The van der Waals surface area contributed by atoms with E-state index in [0.29, 0.717) is 37.5 Å². The molecule has 5 nitrogen and oxygen atoms in total. The van der Waals surface area contributed by atoms with E-state index in [-0.39, 0.29) is 5.91 Å². The molecule has 2 rings (SSSR count). The summed E-state index contributed by atoms with van der Waals surface area (Å²) in [6.45, 7) is 0.861. The van der Waals surface area contributed by atoms with Gasteiger partial charge in [-0.05, 0) is 36.2 Å². The Kier molecular flexibility index (Phi) is 6.49. The van der Waals surface area contributed by atoms with E-state index >= 15 is 0 Å². The van der Waals surface area contributed by atoms with E-state index in [2.05, 4.69) is 0 Å². The number of carbonyl (C=O) groups excluding carboxylic acids is 1. The van der Waals surface area contributed by atoms with Gasteiger partial charge in [-0.2, -0.15) is 0 Å². The molecule has 0 saturated carbocycles.